The minimum atomic E-state index is -3.70. The Labute approximate surface area is 209 Å². The molecule has 2 unspecified atom stereocenters. The summed E-state index contributed by atoms with van der Waals surface area (Å²) < 4.78 is 62.9. The van der Waals surface area contributed by atoms with Crippen molar-refractivity contribution in [2.24, 2.45) is 0 Å². The van der Waals surface area contributed by atoms with Crippen molar-refractivity contribution in [3.63, 3.8) is 0 Å². The molecule has 0 aromatic heterocycles. The molecule has 1 rings (SSSR count). The Hall–Kier alpha value is -1.15. The Kier molecular flexibility index (Phi) is 22.3. The van der Waals surface area contributed by atoms with Crippen molar-refractivity contribution in [1.29, 1.82) is 0 Å². The van der Waals surface area contributed by atoms with Gasteiger partial charge in [-0.15, -0.1) is 0 Å². The van der Waals surface area contributed by atoms with Gasteiger partial charge in [-0.05, 0) is 0 Å². The van der Waals surface area contributed by atoms with Crippen LogP contribution in [0.2, 0.25) is 0 Å². The Morgan fingerprint density at radius 2 is 1.12 bits per heavy atom. The molecule has 0 aromatic carbocycles. The van der Waals surface area contributed by atoms with E-state index in [1.54, 1.807) is 0 Å². The molecule has 33 heavy (non-hydrogen) atoms. The monoisotopic (exact) mass is 697 g/mol. The number of carbonyl (C=O) groups is 2. The molecule has 0 aliphatic heterocycles. The van der Waals surface area contributed by atoms with Gasteiger partial charge in [-0.3, -0.25) is 0 Å². The molecule has 6 N–H and O–H groups in total. The van der Waals surface area contributed by atoms with Gasteiger partial charge in [0.15, 0.2) is 0 Å². The molecule has 15 heteroatoms. The largest absolute Gasteiger partial charge is 4.00 e. The van der Waals surface area contributed by atoms with E-state index in [0.29, 0.717) is 0 Å². The van der Waals surface area contributed by atoms with Gasteiger partial charge >= 0.3 is 53.2 Å². The summed E-state index contributed by atoms with van der Waals surface area (Å²) in [5.74, 6) is -1.76. The molecule has 194 valence electrons. The molecule has 0 bridgehead atoms. The van der Waals surface area contributed by atoms with Crippen molar-refractivity contribution in [2.45, 2.75) is 50.6 Å². The van der Waals surface area contributed by atoms with E-state index >= 15 is 0 Å². The third-order valence-corrected chi connectivity index (χ3v) is 5.36. The Morgan fingerprint density at radius 1 is 0.818 bits per heavy atom. The third kappa shape index (κ3) is 28.8. The van der Waals surface area contributed by atoms with E-state index in [1.807, 2.05) is 0 Å². The first-order valence-electron chi connectivity index (χ1n) is 9.67. The average molecular weight is 698 g/mol. The van der Waals surface area contributed by atoms with Crippen LogP contribution >= 0.6 is 0 Å². The van der Waals surface area contributed by atoms with E-state index in [-0.39, 0.29) is 70.7 Å². The number of carbonyl (C=O) groups excluding carboxylic acids is 2. The smallest absolute Gasteiger partial charge is 0.676 e. The van der Waals surface area contributed by atoms with Crippen LogP contribution in [0.1, 0.15) is 38.5 Å². The third-order valence-electron chi connectivity index (χ3n) is 3.70. The molecule has 1 aliphatic carbocycles. The maximum absolute atomic E-state index is 10.4. The molecule has 0 saturated heterocycles. The molecular formula is C18H34N2O10PtS2+4. The summed E-state index contributed by atoms with van der Waals surface area (Å²) in [6.07, 6.45) is 6.52. The maximum Gasteiger partial charge on any atom is 4.00 e. The predicted molar refractivity (Wildman–Crippen MR) is 121 cm³/mol. The number of rotatable bonds is 10. The van der Waals surface area contributed by atoms with E-state index in [2.05, 4.69) is 22.6 Å². The van der Waals surface area contributed by atoms with Crippen molar-refractivity contribution < 1.29 is 66.1 Å². The zero-order valence-corrected chi connectivity index (χ0v) is 22.1. The van der Waals surface area contributed by atoms with Crippen molar-refractivity contribution in [3.05, 3.63) is 36.8 Å². The molecule has 1 saturated carbocycles. The Balaban J connectivity index is -0.000000410. The van der Waals surface area contributed by atoms with Gasteiger partial charge in [0.05, 0.1) is 13.2 Å². The molecule has 0 aromatic rings. The summed E-state index contributed by atoms with van der Waals surface area (Å²) in [4.78, 5) is 20.8. The normalized spacial score (nSPS) is 17.5. The fourth-order valence-electron chi connectivity index (χ4n) is 2.09. The average Bonchev–Trinajstić information content (AvgIpc) is 2.70. The second kappa shape index (κ2) is 20.2. The van der Waals surface area contributed by atoms with Crippen LogP contribution in [-0.4, -0.2) is 74.7 Å². The summed E-state index contributed by atoms with van der Waals surface area (Å²) in [6, 6.07) is -0.160. The number of hydrogen-bond donors (Lipinski definition) is 0. The summed E-state index contributed by atoms with van der Waals surface area (Å²) in [5, 5.41) is 0. The molecule has 12 nitrogen and oxygen atoms in total. The molecular weight excluding hydrogens is 663 g/mol. The van der Waals surface area contributed by atoms with Crippen LogP contribution in [0.4, 0.5) is 0 Å². The van der Waals surface area contributed by atoms with E-state index in [0.717, 1.165) is 25.0 Å². The molecule has 0 amide bonds. The van der Waals surface area contributed by atoms with Gasteiger partial charge < -0.3 is 30.0 Å². The van der Waals surface area contributed by atoms with Gasteiger partial charge in [0, 0.05) is 25.0 Å². The van der Waals surface area contributed by atoms with Crippen molar-refractivity contribution >= 4 is 32.2 Å². The van der Waals surface area contributed by atoms with Crippen LogP contribution in [0.3, 0.4) is 0 Å². The van der Waals surface area contributed by atoms with Crippen LogP contribution in [0.5, 0.6) is 0 Å². The molecule has 1 fully saturated rings. The van der Waals surface area contributed by atoms with Gasteiger partial charge in [0.1, 0.15) is 11.5 Å². The summed E-state index contributed by atoms with van der Waals surface area (Å²) in [7, 11) is -7.39. The number of ether oxygens (including phenoxy) is 2. The Morgan fingerprint density at radius 3 is 1.33 bits per heavy atom. The first-order valence-corrected chi connectivity index (χ1v) is 13.0. The van der Waals surface area contributed by atoms with E-state index in [4.69, 9.17) is 20.6 Å². The van der Waals surface area contributed by atoms with Crippen LogP contribution in [0.25, 0.3) is 11.5 Å². The topological polar surface area (TPSA) is 214 Å². The summed E-state index contributed by atoms with van der Waals surface area (Å²) >= 11 is 0. The minimum Gasteiger partial charge on any atom is -0.676 e. The van der Waals surface area contributed by atoms with Crippen molar-refractivity contribution in [3.8, 4) is 0 Å². The number of nitrogens with one attached hydrogen (secondary N) is 2. The Bertz CT molecular complexity index is 722. The van der Waals surface area contributed by atoms with Crippen LogP contribution in [-0.2, 0) is 60.4 Å². The molecule has 1 aliphatic rings. The minimum absolute atomic E-state index is 0. The van der Waals surface area contributed by atoms with Crippen LogP contribution in [0, 0.1) is 0 Å². The second-order valence-corrected chi connectivity index (χ2v) is 9.86. The quantitative estimate of drug-likeness (QED) is 0.137. The van der Waals surface area contributed by atoms with Crippen LogP contribution in [0.15, 0.2) is 25.3 Å². The molecule has 0 heterocycles. The predicted octanol–water partition coefficient (Wildman–Crippen LogP) is 0.720. The van der Waals surface area contributed by atoms with E-state index in [1.165, 1.54) is 12.8 Å². The van der Waals surface area contributed by atoms with Gasteiger partial charge in [0.25, 0.3) is 0 Å². The van der Waals surface area contributed by atoms with Gasteiger partial charge in [-0.25, -0.2) is 9.59 Å². The van der Waals surface area contributed by atoms with Crippen molar-refractivity contribution in [1.82, 2.24) is 0 Å². The summed E-state index contributed by atoms with van der Waals surface area (Å²) in [6.45, 7) is 6.32. The molecule has 0 spiro atoms. The van der Waals surface area contributed by atoms with E-state index in [9.17, 15) is 26.4 Å². The van der Waals surface area contributed by atoms with E-state index < -0.39 is 32.2 Å². The SMILES string of the molecule is C=CC(=O)OCCCS(=O)(=O)[OH2+].C=CC(=O)OCCCS(=O)(=O)[OH2+].[NH-]C1CCCCC1[NH-].[Pt+4]. The molecule has 2 atom stereocenters. The van der Waals surface area contributed by atoms with Gasteiger partial charge in [0.2, 0.25) is 0 Å². The maximum atomic E-state index is 10.4. The number of esters is 2. The molecule has 0 radical (unpaired) electrons. The number of hydrogen-bond acceptors (Lipinski definition) is 8. The standard InChI is InChI=1S/C6H12N2.2C6H10O5S.Pt/c7-5-3-1-2-4-6(5)8;2*1-2-6(7)11-4-3-5-12(8,9)10;/h5-8H,1-4H2;2*2H,1,3-5H2,(H,8,9,10);/q-2;;;+4/p+2. The van der Waals surface area contributed by atoms with Gasteiger partial charge in [-0.1, -0.05) is 38.8 Å². The second-order valence-electron chi connectivity index (χ2n) is 6.59. The first kappa shape index (κ1) is 36.4. The van der Waals surface area contributed by atoms with Crippen molar-refractivity contribution in [2.75, 3.05) is 24.7 Å². The summed E-state index contributed by atoms with van der Waals surface area (Å²) in [5.41, 5.74) is 14.6. The first-order chi connectivity index (χ1) is 14.7. The van der Waals surface area contributed by atoms with Crippen LogP contribution < -0.4 is 0 Å². The fraction of sp³-hybridized carbons (Fsp3) is 0.667. The van der Waals surface area contributed by atoms with Gasteiger partial charge in [-0.2, -0.15) is 28.9 Å². The fourth-order valence-corrected chi connectivity index (χ4v) is 3.09. The zero-order valence-electron chi connectivity index (χ0n) is 18.2. The zero-order chi connectivity index (χ0) is 25.2.